The van der Waals surface area contributed by atoms with E-state index in [1.807, 2.05) is 31.2 Å². The number of nitrogens with zero attached hydrogens (tertiary/aromatic N) is 1. The molecule has 1 aromatic rings. The number of rotatable bonds is 6. The molecule has 0 aliphatic carbocycles. The van der Waals surface area contributed by atoms with E-state index in [9.17, 15) is 9.90 Å². The molecule has 21 heavy (non-hydrogen) atoms. The van der Waals surface area contributed by atoms with Crippen molar-refractivity contribution in [2.24, 2.45) is 0 Å². The molecule has 1 heterocycles. The third-order valence-electron chi connectivity index (χ3n) is 3.96. The van der Waals surface area contributed by atoms with Crippen molar-refractivity contribution < 1.29 is 19.4 Å². The van der Waals surface area contributed by atoms with Crippen LogP contribution in [0.1, 0.15) is 25.3 Å². The first kappa shape index (κ1) is 15.8. The number of benzene rings is 1. The Balaban J connectivity index is 2.00. The zero-order valence-electron chi connectivity index (χ0n) is 12.7. The van der Waals surface area contributed by atoms with Crippen LogP contribution in [0.15, 0.2) is 24.3 Å². The monoisotopic (exact) mass is 293 g/mol. The SMILES string of the molecule is CCOc1ccc(CN2CCCC(OC)(C(=O)O)C2)cc1. The van der Waals surface area contributed by atoms with Crippen molar-refractivity contribution in [2.75, 3.05) is 26.8 Å². The summed E-state index contributed by atoms with van der Waals surface area (Å²) in [5.41, 5.74) is 0.0829. The minimum atomic E-state index is -1.07. The lowest BCUT2D eigenvalue weighted by atomic mass is 9.92. The Morgan fingerprint density at radius 2 is 2.10 bits per heavy atom. The van der Waals surface area contributed by atoms with Gasteiger partial charge in [-0.2, -0.15) is 0 Å². The van der Waals surface area contributed by atoms with Gasteiger partial charge in [0.05, 0.1) is 6.61 Å². The lowest BCUT2D eigenvalue weighted by molar-refractivity contribution is -0.169. The summed E-state index contributed by atoms with van der Waals surface area (Å²) in [6, 6.07) is 7.94. The first-order chi connectivity index (χ1) is 10.1. The molecule has 116 valence electrons. The molecule has 1 aliphatic heterocycles. The minimum absolute atomic E-state index is 0.423. The van der Waals surface area contributed by atoms with Crippen LogP contribution in [0.25, 0.3) is 0 Å². The van der Waals surface area contributed by atoms with Gasteiger partial charge in [0.15, 0.2) is 5.60 Å². The van der Waals surface area contributed by atoms with Crippen LogP contribution in [0, 0.1) is 0 Å². The van der Waals surface area contributed by atoms with E-state index in [2.05, 4.69) is 4.90 Å². The molecular formula is C16H23NO4. The van der Waals surface area contributed by atoms with Crippen molar-refractivity contribution in [2.45, 2.75) is 31.9 Å². The number of carboxylic acids is 1. The molecule has 1 N–H and O–H groups in total. The van der Waals surface area contributed by atoms with Crippen LogP contribution in [0.5, 0.6) is 5.75 Å². The Labute approximate surface area is 125 Å². The average molecular weight is 293 g/mol. The number of likely N-dealkylation sites (tertiary alicyclic amines) is 1. The number of methoxy groups -OCH3 is 1. The fraction of sp³-hybridized carbons (Fsp3) is 0.562. The number of carbonyl (C=O) groups is 1. The molecule has 1 unspecified atom stereocenters. The van der Waals surface area contributed by atoms with Gasteiger partial charge in [-0.05, 0) is 44.0 Å². The molecule has 0 amide bonds. The summed E-state index contributed by atoms with van der Waals surface area (Å²) in [6.45, 7) is 4.65. The number of hydrogen-bond acceptors (Lipinski definition) is 4. The molecule has 0 saturated carbocycles. The maximum atomic E-state index is 11.5. The van der Waals surface area contributed by atoms with Crippen molar-refractivity contribution >= 4 is 5.97 Å². The lowest BCUT2D eigenvalue weighted by Gasteiger charge is -2.38. The van der Waals surface area contributed by atoms with Crippen LogP contribution in [-0.2, 0) is 16.1 Å². The largest absolute Gasteiger partial charge is 0.494 e. The Kier molecular flexibility index (Phi) is 5.20. The van der Waals surface area contributed by atoms with Gasteiger partial charge in [0, 0.05) is 20.2 Å². The summed E-state index contributed by atoms with van der Waals surface area (Å²) >= 11 is 0. The zero-order valence-corrected chi connectivity index (χ0v) is 12.7. The van der Waals surface area contributed by atoms with Crippen molar-refractivity contribution in [3.63, 3.8) is 0 Å². The van der Waals surface area contributed by atoms with Gasteiger partial charge in [-0.1, -0.05) is 12.1 Å². The van der Waals surface area contributed by atoms with E-state index in [0.29, 0.717) is 19.6 Å². The van der Waals surface area contributed by atoms with Crippen molar-refractivity contribution in [3.05, 3.63) is 29.8 Å². The molecule has 1 atom stereocenters. The topological polar surface area (TPSA) is 59.0 Å². The normalized spacial score (nSPS) is 23.0. The Morgan fingerprint density at radius 3 is 2.67 bits per heavy atom. The number of aliphatic carboxylic acids is 1. The van der Waals surface area contributed by atoms with E-state index in [-0.39, 0.29) is 0 Å². The molecule has 0 bridgehead atoms. The molecule has 1 saturated heterocycles. The van der Waals surface area contributed by atoms with Crippen LogP contribution in [0.3, 0.4) is 0 Å². The highest BCUT2D eigenvalue weighted by molar-refractivity contribution is 5.78. The van der Waals surface area contributed by atoms with Crippen LogP contribution in [-0.4, -0.2) is 48.4 Å². The second-order valence-corrected chi connectivity index (χ2v) is 5.39. The Hall–Kier alpha value is -1.59. The van der Waals surface area contributed by atoms with Crippen molar-refractivity contribution in [3.8, 4) is 5.75 Å². The van der Waals surface area contributed by atoms with E-state index in [4.69, 9.17) is 9.47 Å². The summed E-state index contributed by atoms with van der Waals surface area (Å²) in [4.78, 5) is 13.6. The summed E-state index contributed by atoms with van der Waals surface area (Å²) in [5, 5.41) is 9.40. The highest BCUT2D eigenvalue weighted by Crippen LogP contribution is 2.26. The van der Waals surface area contributed by atoms with Gasteiger partial charge in [0.25, 0.3) is 0 Å². The quantitative estimate of drug-likeness (QED) is 0.871. The summed E-state index contributed by atoms with van der Waals surface area (Å²) in [7, 11) is 1.48. The average Bonchev–Trinajstić information content (AvgIpc) is 2.49. The standard InChI is InChI=1S/C16H23NO4/c1-3-21-14-7-5-13(6-8-14)11-17-10-4-9-16(12-17,20-2)15(18)19/h5-8H,3-4,9-12H2,1-2H3,(H,18,19). The van der Waals surface area contributed by atoms with E-state index in [0.717, 1.165) is 30.8 Å². The summed E-state index contributed by atoms with van der Waals surface area (Å²) in [5.74, 6) is -0.0157. The van der Waals surface area contributed by atoms with Gasteiger partial charge in [-0.3, -0.25) is 4.90 Å². The van der Waals surface area contributed by atoms with Gasteiger partial charge >= 0.3 is 5.97 Å². The van der Waals surface area contributed by atoms with E-state index < -0.39 is 11.6 Å². The third-order valence-corrected chi connectivity index (χ3v) is 3.96. The first-order valence-corrected chi connectivity index (χ1v) is 7.32. The predicted molar refractivity (Wildman–Crippen MR) is 79.5 cm³/mol. The zero-order chi connectivity index (χ0) is 15.3. The Bertz CT molecular complexity index is 474. The molecule has 5 heteroatoms. The number of carboxylic acid groups (broad SMARTS) is 1. The second kappa shape index (κ2) is 6.91. The Morgan fingerprint density at radius 1 is 1.38 bits per heavy atom. The fourth-order valence-corrected chi connectivity index (χ4v) is 2.79. The number of hydrogen-bond donors (Lipinski definition) is 1. The number of ether oxygens (including phenoxy) is 2. The highest BCUT2D eigenvalue weighted by atomic mass is 16.5. The molecular weight excluding hydrogens is 270 g/mol. The van der Waals surface area contributed by atoms with E-state index in [1.54, 1.807) is 0 Å². The van der Waals surface area contributed by atoms with Crippen molar-refractivity contribution in [1.82, 2.24) is 4.90 Å². The lowest BCUT2D eigenvalue weighted by Crippen LogP contribution is -2.54. The fourth-order valence-electron chi connectivity index (χ4n) is 2.79. The molecule has 0 radical (unpaired) electrons. The predicted octanol–water partition coefficient (Wildman–Crippen LogP) is 2.15. The molecule has 0 aromatic heterocycles. The van der Waals surface area contributed by atoms with Gasteiger partial charge in [0.1, 0.15) is 5.75 Å². The van der Waals surface area contributed by atoms with Crippen LogP contribution >= 0.6 is 0 Å². The highest BCUT2D eigenvalue weighted by Gasteiger charge is 2.42. The smallest absolute Gasteiger partial charge is 0.337 e. The third kappa shape index (κ3) is 3.74. The van der Waals surface area contributed by atoms with Gasteiger partial charge < -0.3 is 14.6 Å². The molecule has 0 spiro atoms. The van der Waals surface area contributed by atoms with Crippen LogP contribution in [0.2, 0.25) is 0 Å². The molecule has 1 aliphatic rings. The summed E-state index contributed by atoms with van der Waals surface area (Å²) < 4.78 is 10.7. The van der Waals surface area contributed by atoms with Gasteiger partial charge in [-0.15, -0.1) is 0 Å². The van der Waals surface area contributed by atoms with Gasteiger partial charge in [0.2, 0.25) is 0 Å². The molecule has 5 nitrogen and oxygen atoms in total. The molecule has 2 rings (SSSR count). The molecule has 1 aromatic carbocycles. The molecule has 1 fully saturated rings. The van der Waals surface area contributed by atoms with Crippen molar-refractivity contribution in [1.29, 1.82) is 0 Å². The maximum Gasteiger partial charge on any atom is 0.337 e. The van der Waals surface area contributed by atoms with Crippen LogP contribution < -0.4 is 4.74 Å². The summed E-state index contributed by atoms with van der Waals surface area (Å²) in [6.07, 6.45) is 1.40. The van der Waals surface area contributed by atoms with Gasteiger partial charge in [-0.25, -0.2) is 4.79 Å². The maximum absolute atomic E-state index is 11.5. The van der Waals surface area contributed by atoms with E-state index >= 15 is 0 Å². The first-order valence-electron chi connectivity index (χ1n) is 7.32. The second-order valence-electron chi connectivity index (χ2n) is 5.39. The van der Waals surface area contributed by atoms with Crippen LogP contribution in [0.4, 0.5) is 0 Å². The number of piperidine rings is 1. The van der Waals surface area contributed by atoms with E-state index in [1.165, 1.54) is 7.11 Å². The minimum Gasteiger partial charge on any atom is -0.494 e.